The van der Waals surface area contributed by atoms with Gasteiger partial charge in [0.2, 0.25) is 0 Å². The van der Waals surface area contributed by atoms with Crippen LogP contribution in [0.15, 0.2) is 24.3 Å². The highest BCUT2D eigenvalue weighted by Gasteiger charge is 2.29. The fraction of sp³-hybridized carbons (Fsp3) is 0.500. The van der Waals surface area contributed by atoms with Crippen molar-refractivity contribution in [2.75, 3.05) is 0 Å². The van der Waals surface area contributed by atoms with Crippen molar-refractivity contribution in [3.05, 3.63) is 35.4 Å². The van der Waals surface area contributed by atoms with E-state index in [2.05, 4.69) is 0 Å². The van der Waals surface area contributed by atoms with Crippen LogP contribution in [0.3, 0.4) is 0 Å². The minimum Gasteiger partial charge on any atom is -0.228 e. The summed E-state index contributed by atoms with van der Waals surface area (Å²) in [5.74, 6) is 0.128. The summed E-state index contributed by atoms with van der Waals surface area (Å²) < 4.78 is 23.3. The molecule has 0 spiro atoms. The molecule has 0 bridgehead atoms. The fourth-order valence-electron chi connectivity index (χ4n) is 1.19. The van der Waals surface area contributed by atoms with Crippen LogP contribution in [0.1, 0.15) is 31.9 Å². The Morgan fingerprint density at radius 2 is 1.67 bits per heavy atom. The smallest absolute Gasteiger partial charge is 0.159 e. The molecule has 2 nitrogen and oxygen atoms in total. The Morgan fingerprint density at radius 3 is 2.13 bits per heavy atom. The summed E-state index contributed by atoms with van der Waals surface area (Å²) in [6, 6.07) is 7.61. The van der Waals surface area contributed by atoms with E-state index in [0.29, 0.717) is 0 Å². The van der Waals surface area contributed by atoms with E-state index in [1.54, 1.807) is 20.8 Å². The maximum atomic E-state index is 12.0. The Kier molecular flexibility index (Phi) is 3.24. The van der Waals surface area contributed by atoms with Gasteiger partial charge in [-0.2, -0.15) is 0 Å². The lowest BCUT2D eigenvalue weighted by molar-refractivity contribution is 0.559. The largest absolute Gasteiger partial charge is 0.228 e. The summed E-state index contributed by atoms with van der Waals surface area (Å²) in [5.41, 5.74) is 1.93. The van der Waals surface area contributed by atoms with Crippen LogP contribution in [0, 0.1) is 6.92 Å². The summed E-state index contributed by atoms with van der Waals surface area (Å²) in [6.07, 6.45) is 0. The second-order valence-corrected chi connectivity index (χ2v) is 7.54. The first-order valence-electron chi connectivity index (χ1n) is 5.01. The Hall–Kier alpha value is -0.830. The molecular formula is C12H18O2S. The summed E-state index contributed by atoms with van der Waals surface area (Å²) >= 11 is 0. The Balaban J connectivity index is 3.03. The molecule has 0 aromatic heterocycles. The lowest BCUT2D eigenvalue weighted by Crippen LogP contribution is -2.29. The first-order chi connectivity index (χ1) is 6.74. The molecule has 0 unspecified atom stereocenters. The topological polar surface area (TPSA) is 34.1 Å². The fourth-order valence-corrected chi connectivity index (χ4v) is 2.36. The molecule has 0 heterocycles. The van der Waals surface area contributed by atoms with Crippen molar-refractivity contribution in [2.45, 2.75) is 38.2 Å². The molecule has 3 heteroatoms. The predicted molar refractivity (Wildman–Crippen MR) is 63.6 cm³/mol. The van der Waals surface area contributed by atoms with Crippen LogP contribution in [0.25, 0.3) is 0 Å². The molecule has 0 atom stereocenters. The zero-order chi connectivity index (χ0) is 11.7. The van der Waals surface area contributed by atoms with Crippen LogP contribution in [0.2, 0.25) is 0 Å². The van der Waals surface area contributed by atoms with E-state index >= 15 is 0 Å². The average Bonchev–Trinajstić information content (AvgIpc) is 2.06. The van der Waals surface area contributed by atoms with Crippen molar-refractivity contribution < 1.29 is 8.42 Å². The summed E-state index contributed by atoms with van der Waals surface area (Å²) in [4.78, 5) is 0. The molecule has 0 saturated heterocycles. The van der Waals surface area contributed by atoms with Gasteiger partial charge in [-0.15, -0.1) is 0 Å². The third-order valence-electron chi connectivity index (χ3n) is 2.54. The Labute approximate surface area is 92.2 Å². The third-order valence-corrected chi connectivity index (χ3v) is 5.10. The van der Waals surface area contributed by atoms with Crippen LogP contribution in [0.5, 0.6) is 0 Å². The molecule has 1 rings (SSSR count). The molecule has 0 N–H and O–H groups in total. The monoisotopic (exact) mass is 226 g/mol. The molecule has 84 valence electrons. The number of rotatable bonds is 2. The highest BCUT2D eigenvalue weighted by Crippen LogP contribution is 2.21. The van der Waals surface area contributed by atoms with Gasteiger partial charge < -0.3 is 0 Å². The maximum Gasteiger partial charge on any atom is 0.159 e. The number of benzene rings is 1. The summed E-state index contributed by atoms with van der Waals surface area (Å²) in [7, 11) is -3.07. The van der Waals surface area contributed by atoms with Gasteiger partial charge in [0.1, 0.15) is 0 Å². The van der Waals surface area contributed by atoms with Crippen LogP contribution < -0.4 is 0 Å². The zero-order valence-electron chi connectivity index (χ0n) is 9.74. The lowest BCUT2D eigenvalue weighted by Gasteiger charge is -2.19. The number of aryl methyl sites for hydroxylation is 1. The molecular weight excluding hydrogens is 208 g/mol. The van der Waals surface area contributed by atoms with Crippen molar-refractivity contribution in [1.82, 2.24) is 0 Å². The van der Waals surface area contributed by atoms with E-state index in [-0.39, 0.29) is 5.75 Å². The second-order valence-electron chi connectivity index (χ2n) is 4.80. The molecule has 0 radical (unpaired) electrons. The van der Waals surface area contributed by atoms with Crippen molar-refractivity contribution in [3.63, 3.8) is 0 Å². The minimum atomic E-state index is -3.07. The number of hydrogen-bond donors (Lipinski definition) is 0. The van der Waals surface area contributed by atoms with Crippen molar-refractivity contribution in [2.24, 2.45) is 0 Å². The number of sulfone groups is 1. The van der Waals surface area contributed by atoms with Crippen LogP contribution in [-0.4, -0.2) is 13.2 Å². The van der Waals surface area contributed by atoms with Gasteiger partial charge >= 0.3 is 0 Å². The van der Waals surface area contributed by atoms with Crippen molar-refractivity contribution >= 4 is 9.84 Å². The van der Waals surface area contributed by atoms with Gasteiger partial charge in [-0.05, 0) is 38.8 Å². The van der Waals surface area contributed by atoms with Gasteiger partial charge in [-0.3, -0.25) is 0 Å². The highest BCUT2D eigenvalue weighted by atomic mass is 32.2. The first kappa shape index (κ1) is 12.2. The Morgan fingerprint density at radius 1 is 1.13 bits per heavy atom. The SMILES string of the molecule is Cc1ccccc1CS(=O)(=O)C(C)(C)C. The van der Waals surface area contributed by atoms with E-state index in [9.17, 15) is 8.42 Å². The lowest BCUT2D eigenvalue weighted by atomic mass is 10.1. The number of hydrogen-bond acceptors (Lipinski definition) is 2. The standard InChI is InChI=1S/C12H18O2S/c1-10-7-5-6-8-11(10)9-15(13,14)12(2,3)4/h5-8H,9H2,1-4H3. The van der Waals surface area contributed by atoms with Gasteiger partial charge in [0.25, 0.3) is 0 Å². The Bertz CT molecular complexity index is 439. The highest BCUT2D eigenvalue weighted by molar-refractivity contribution is 7.91. The van der Waals surface area contributed by atoms with Gasteiger partial charge in [0, 0.05) is 0 Å². The van der Waals surface area contributed by atoms with Gasteiger partial charge in [-0.1, -0.05) is 24.3 Å². The molecule has 0 aliphatic heterocycles. The van der Waals surface area contributed by atoms with Gasteiger partial charge in [0.05, 0.1) is 10.5 Å². The molecule has 1 aromatic carbocycles. The van der Waals surface area contributed by atoms with E-state index in [1.807, 2.05) is 31.2 Å². The quantitative estimate of drug-likeness (QED) is 0.777. The van der Waals surface area contributed by atoms with Gasteiger partial charge in [-0.25, -0.2) is 8.42 Å². The van der Waals surface area contributed by atoms with Crippen molar-refractivity contribution in [3.8, 4) is 0 Å². The van der Waals surface area contributed by atoms with Crippen LogP contribution in [0.4, 0.5) is 0 Å². The molecule has 0 amide bonds. The van der Waals surface area contributed by atoms with E-state index in [0.717, 1.165) is 11.1 Å². The zero-order valence-corrected chi connectivity index (χ0v) is 10.6. The maximum absolute atomic E-state index is 12.0. The van der Waals surface area contributed by atoms with Crippen molar-refractivity contribution in [1.29, 1.82) is 0 Å². The summed E-state index contributed by atoms with van der Waals surface area (Å²) in [6.45, 7) is 7.15. The summed E-state index contributed by atoms with van der Waals surface area (Å²) in [5, 5.41) is 0. The third kappa shape index (κ3) is 2.81. The second kappa shape index (κ2) is 3.97. The molecule has 0 aliphatic rings. The molecule has 0 saturated carbocycles. The average molecular weight is 226 g/mol. The minimum absolute atomic E-state index is 0.128. The normalized spacial score (nSPS) is 12.8. The van der Waals surface area contributed by atoms with Crippen LogP contribution >= 0.6 is 0 Å². The predicted octanol–water partition coefficient (Wildman–Crippen LogP) is 2.71. The van der Waals surface area contributed by atoms with Crippen LogP contribution in [-0.2, 0) is 15.6 Å². The first-order valence-corrected chi connectivity index (χ1v) is 6.66. The molecule has 0 aliphatic carbocycles. The van der Waals surface area contributed by atoms with Gasteiger partial charge in [0.15, 0.2) is 9.84 Å². The molecule has 15 heavy (non-hydrogen) atoms. The van der Waals surface area contributed by atoms with E-state index in [1.165, 1.54) is 0 Å². The van der Waals surface area contributed by atoms with E-state index < -0.39 is 14.6 Å². The molecule has 1 aromatic rings. The molecule has 0 fully saturated rings. The van der Waals surface area contributed by atoms with E-state index in [4.69, 9.17) is 0 Å².